The van der Waals surface area contributed by atoms with Gasteiger partial charge in [0.1, 0.15) is 5.82 Å². The predicted octanol–water partition coefficient (Wildman–Crippen LogP) is 5.78. The minimum Gasteiger partial charge on any atom is -0.384 e. The molecule has 0 saturated heterocycles. The van der Waals surface area contributed by atoms with Gasteiger partial charge in [-0.1, -0.05) is 82.7 Å². The van der Waals surface area contributed by atoms with Crippen LogP contribution in [0.1, 0.15) is 46.7 Å². The normalized spacial score (nSPS) is 17.6. The van der Waals surface area contributed by atoms with Gasteiger partial charge >= 0.3 is 0 Å². The van der Waals surface area contributed by atoms with Crippen molar-refractivity contribution in [3.05, 3.63) is 92.9 Å². The van der Waals surface area contributed by atoms with E-state index in [1.54, 1.807) is 11.0 Å². The number of halogens is 1. The monoisotopic (exact) mass is 547 g/mol. The Bertz CT molecular complexity index is 1500. The third-order valence-corrected chi connectivity index (χ3v) is 8.80. The molecular weight excluding hydrogens is 526 g/mol. The number of aryl methyl sites for hydroxylation is 1. The average molecular weight is 548 g/mol. The van der Waals surface area contributed by atoms with E-state index in [4.69, 9.17) is 17.3 Å². The number of nitrogens with zero attached hydrogens (tertiary/aromatic N) is 4. The highest BCUT2D eigenvalue weighted by atomic mass is 35.5. The molecule has 1 aromatic heterocycles. The minimum atomic E-state index is -0.633. The molecule has 37 heavy (non-hydrogen) atoms. The van der Waals surface area contributed by atoms with Crippen LogP contribution in [0, 0.1) is 18.3 Å². The maximum Gasteiger partial charge on any atom is 0.219 e. The van der Waals surface area contributed by atoms with Gasteiger partial charge in [0.25, 0.3) is 0 Å². The van der Waals surface area contributed by atoms with Gasteiger partial charge in [-0.2, -0.15) is 5.26 Å². The molecule has 2 aliphatic rings. The second-order valence-electron chi connectivity index (χ2n) is 8.77. The van der Waals surface area contributed by atoms with Crippen LogP contribution in [0.3, 0.4) is 0 Å². The zero-order chi connectivity index (χ0) is 26.1. The molecule has 0 spiro atoms. The second-order valence-corrected chi connectivity index (χ2v) is 11.4. The van der Waals surface area contributed by atoms with Crippen LogP contribution in [0.15, 0.2) is 75.5 Å². The van der Waals surface area contributed by atoms with Crippen molar-refractivity contribution in [3.8, 4) is 6.07 Å². The number of hydrogen-bond acceptors (Lipinski definition) is 9. The van der Waals surface area contributed by atoms with Gasteiger partial charge in [0.05, 0.1) is 23.3 Å². The van der Waals surface area contributed by atoms with Gasteiger partial charge < -0.3 is 5.73 Å². The van der Waals surface area contributed by atoms with Crippen molar-refractivity contribution in [1.29, 1.82) is 5.26 Å². The molecule has 2 N–H and O–H groups in total. The van der Waals surface area contributed by atoms with Gasteiger partial charge in [-0.25, -0.2) is 0 Å². The number of benzene rings is 2. The van der Waals surface area contributed by atoms with Crippen LogP contribution < -0.4 is 10.6 Å². The number of carbonyl (C=O) groups is 2. The van der Waals surface area contributed by atoms with Crippen LogP contribution in [0.4, 0.5) is 5.13 Å². The van der Waals surface area contributed by atoms with E-state index in [9.17, 15) is 14.9 Å². The van der Waals surface area contributed by atoms with E-state index in [0.29, 0.717) is 50.5 Å². The third kappa shape index (κ3) is 4.80. The largest absolute Gasteiger partial charge is 0.384 e. The summed E-state index contributed by atoms with van der Waals surface area (Å²) in [5.74, 6) is -0.237. The number of allylic oxidation sites excluding steroid dienone is 3. The summed E-state index contributed by atoms with van der Waals surface area (Å²) < 4.78 is 0.597. The fourth-order valence-electron chi connectivity index (χ4n) is 4.63. The van der Waals surface area contributed by atoms with Crippen LogP contribution in [0.25, 0.3) is 0 Å². The number of rotatable bonds is 6. The van der Waals surface area contributed by atoms with Gasteiger partial charge in [0, 0.05) is 28.3 Å². The molecule has 1 aliphatic heterocycles. The highest BCUT2D eigenvalue weighted by Gasteiger charge is 2.41. The number of carbonyl (C=O) groups excluding carboxylic acids is 2. The maximum absolute atomic E-state index is 13.2. The Morgan fingerprint density at radius 1 is 1.22 bits per heavy atom. The molecule has 2 aromatic carbocycles. The van der Waals surface area contributed by atoms with E-state index in [0.717, 1.165) is 11.3 Å². The Kier molecular flexibility index (Phi) is 7.15. The second kappa shape index (κ2) is 10.5. The Morgan fingerprint density at radius 3 is 2.70 bits per heavy atom. The Hall–Kier alpha value is -3.45. The van der Waals surface area contributed by atoms with Crippen LogP contribution in [0.5, 0.6) is 0 Å². The first-order valence-electron chi connectivity index (χ1n) is 11.7. The molecule has 0 saturated carbocycles. The standard InChI is InChI=1S/C27H22ClN5O2S2/c1-15-9-11-16(12-10-15)22(35)14-36-27-32-31-26(37-27)33-20-7-4-8-21(34)24(20)23(18(13-29)25(33)30)17-5-2-3-6-19(17)28/h2-3,5-6,9-12,23H,4,7-8,14,30H2,1H3. The number of nitriles is 1. The molecule has 1 aliphatic carbocycles. The SMILES string of the molecule is Cc1ccc(C(=O)CSc2nnc(N3C(N)=C(C#N)C(c4ccccc4Cl)C4=C3CCCC4=O)s2)cc1. The summed E-state index contributed by atoms with van der Waals surface area (Å²) in [4.78, 5) is 27.5. The summed E-state index contributed by atoms with van der Waals surface area (Å²) in [5.41, 5.74) is 10.5. The summed E-state index contributed by atoms with van der Waals surface area (Å²) >= 11 is 9.07. The van der Waals surface area contributed by atoms with Crippen LogP contribution >= 0.6 is 34.7 Å². The summed E-state index contributed by atoms with van der Waals surface area (Å²) in [5, 5.41) is 19.6. The lowest BCUT2D eigenvalue weighted by molar-refractivity contribution is -0.116. The van der Waals surface area contributed by atoms with E-state index < -0.39 is 5.92 Å². The lowest BCUT2D eigenvalue weighted by Crippen LogP contribution is -2.38. The number of hydrogen-bond donors (Lipinski definition) is 1. The zero-order valence-corrected chi connectivity index (χ0v) is 22.3. The molecule has 2 heterocycles. The lowest BCUT2D eigenvalue weighted by atomic mass is 9.76. The summed E-state index contributed by atoms with van der Waals surface area (Å²) in [6, 6.07) is 16.9. The van der Waals surface area contributed by atoms with Crippen molar-refractivity contribution in [2.45, 2.75) is 36.4 Å². The van der Waals surface area contributed by atoms with Crippen molar-refractivity contribution >= 4 is 51.4 Å². The fraction of sp³-hybridized carbons (Fsp3) is 0.222. The van der Waals surface area contributed by atoms with Crippen LogP contribution in [0.2, 0.25) is 5.02 Å². The molecule has 0 radical (unpaired) electrons. The zero-order valence-electron chi connectivity index (χ0n) is 19.9. The van der Waals surface area contributed by atoms with Crippen molar-refractivity contribution in [3.63, 3.8) is 0 Å². The quantitative estimate of drug-likeness (QED) is 0.305. The number of ketones is 2. The first-order valence-corrected chi connectivity index (χ1v) is 13.8. The van der Waals surface area contributed by atoms with Gasteiger partial charge in [0.2, 0.25) is 5.13 Å². The number of aromatic nitrogens is 2. The van der Waals surface area contributed by atoms with E-state index in [-0.39, 0.29) is 28.7 Å². The van der Waals surface area contributed by atoms with E-state index in [2.05, 4.69) is 16.3 Å². The topological polar surface area (TPSA) is 113 Å². The van der Waals surface area contributed by atoms with Crippen molar-refractivity contribution in [1.82, 2.24) is 10.2 Å². The highest BCUT2D eigenvalue weighted by molar-refractivity contribution is 8.01. The Labute approximate surface area is 227 Å². The molecule has 10 heteroatoms. The van der Waals surface area contributed by atoms with Gasteiger partial charge in [-0.15, -0.1) is 10.2 Å². The summed E-state index contributed by atoms with van der Waals surface area (Å²) in [6.07, 6.45) is 1.67. The molecular formula is C27H22ClN5O2S2. The summed E-state index contributed by atoms with van der Waals surface area (Å²) in [7, 11) is 0. The van der Waals surface area contributed by atoms with E-state index in [1.165, 1.54) is 23.1 Å². The molecule has 186 valence electrons. The number of anilines is 1. The molecule has 5 rings (SSSR count). The average Bonchev–Trinajstić information content (AvgIpc) is 3.36. The van der Waals surface area contributed by atoms with E-state index >= 15 is 0 Å². The van der Waals surface area contributed by atoms with Gasteiger partial charge in [-0.05, 0) is 31.4 Å². The van der Waals surface area contributed by atoms with E-state index in [1.807, 2.05) is 49.4 Å². The van der Waals surface area contributed by atoms with Crippen LogP contribution in [-0.2, 0) is 4.79 Å². The third-order valence-electron chi connectivity index (χ3n) is 6.42. The Morgan fingerprint density at radius 2 is 1.97 bits per heavy atom. The minimum absolute atomic E-state index is 0.00338. The van der Waals surface area contributed by atoms with Crippen molar-refractivity contribution in [2.75, 3.05) is 10.7 Å². The predicted molar refractivity (Wildman–Crippen MR) is 146 cm³/mol. The molecule has 3 aromatic rings. The first kappa shape index (κ1) is 25.2. The molecule has 0 amide bonds. The Balaban J connectivity index is 1.48. The smallest absolute Gasteiger partial charge is 0.219 e. The highest BCUT2D eigenvalue weighted by Crippen LogP contribution is 2.48. The molecule has 0 bridgehead atoms. The molecule has 1 atom stereocenters. The molecule has 7 nitrogen and oxygen atoms in total. The maximum atomic E-state index is 13.2. The fourth-order valence-corrected chi connectivity index (χ4v) is 6.65. The van der Waals surface area contributed by atoms with Crippen molar-refractivity contribution in [2.24, 2.45) is 5.73 Å². The molecule has 0 fully saturated rings. The van der Waals surface area contributed by atoms with Gasteiger partial charge in [-0.3, -0.25) is 14.5 Å². The van der Waals surface area contributed by atoms with Crippen molar-refractivity contribution < 1.29 is 9.59 Å². The van der Waals surface area contributed by atoms with Gasteiger partial charge in [0.15, 0.2) is 15.9 Å². The number of nitrogens with two attached hydrogens (primary N) is 1. The summed E-state index contributed by atoms with van der Waals surface area (Å²) in [6.45, 7) is 1.97. The number of Topliss-reactive ketones (excluding diaryl/α,β-unsaturated/α-hetero) is 2. The first-order chi connectivity index (χ1) is 17.9. The lowest BCUT2D eigenvalue weighted by Gasteiger charge is -2.38. The van der Waals surface area contributed by atoms with Crippen LogP contribution in [-0.4, -0.2) is 27.5 Å². The number of thioether (sulfide) groups is 1. The molecule has 1 unspecified atom stereocenters.